The molecule has 0 aliphatic heterocycles. The van der Waals surface area contributed by atoms with Gasteiger partial charge in [0, 0.05) is 31.1 Å². The Bertz CT molecular complexity index is 710. The van der Waals surface area contributed by atoms with Gasteiger partial charge in [-0.25, -0.2) is 13.4 Å². The molecule has 0 bridgehead atoms. The van der Waals surface area contributed by atoms with Crippen LogP contribution >= 0.6 is 0 Å². The van der Waals surface area contributed by atoms with Crippen LogP contribution in [-0.4, -0.2) is 53.1 Å². The third-order valence-electron chi connectivity index (χ3n) is 3.21. The molecule has 0 spiro atoms. The standard InChI is InChI=1S/C12H19N5O2S/c1-5-10-6-11(17-12(15-10)13-8-14-17)16(3)9(2)7-20(4,18)19/h6,8-9H,5,7H2,1-4H3. The van der Waals surface area contributed by atoms with Gasteiger partial charge in [0.1, 0.15) is 22.0 Å². The van der Waals surface area contributed by atoms with Crippen molar-refractivity contribution in [3.05, 3.63) is 18.1 Å². The Morgan fingerprint density at radius 2 is 2.15 bits per heavy atom. The van der Waals surface area contributed by atoms with Crippen LogP contribution in [0.25, 0.3) is 5.78 Å². The lowest BCUT2D eigenvalue weighted by atomic mass is 10.3. The zero-order chi connectivity index (χ0) is 14.9. The van der Waals surface area contributed by atoms with Crippen molar-refractivity contribution in [2.24, 2.45) is 0 Å². The highest BCUT2D eigenvalue weighted by molar-refractivity contribution is 7.90. The van der Waals surface area contributed by atoms with Crippen molar-refractivity contribution in [2.45, 2.75) is 26.3 Å². The minimum Gasteiger partial charge on any atom is -0.356 e. The van der Waals surface area contributed by atoms with Crippen LogP contribution in [0.4, 0.5) is 5.82 Å². The van der Waals surface area contributed by atoms with Gasteiger partial charge in [-0.3, -0.25) is 0 Å². The summed E-state index contributed by atoms with van der Waals surface area (Å²) >= 11 is 0. The summed E-state index contributed by atoms with van der Waals surface area (Å²) in [5, 5.41) is 4.15. The molecule has 0 radical (unpaired) electrons. The van der Waals surface area contributed by atoms with Crippen molar-refractivity contribution in [1.29, 1.82) is 0 Å². The van der Waals surface area contributed by atoms with E-state index in [2.05, 4.69) is 15.1 Å². The van der Waals surface area contributed by atoms with Crippen LogP contribution in [0, 0.1) is 0 Å². The predicted octanol–water partition coefficient (Wildman–Crippen LogP) is 0.556. The minimum atomic E-state index is -3.03. The maximum absolute atomic E-state index is 11.4. The van der Waals surface area contributed by atoms with E-state index in [9.17, 15) is 8.42 Å². The average Bonchev–Trinajstić information content (AvgIpc) is 2.82. The molecule has 1 unspecified atom stereocenters. The Morgan fingerprint density at radius 1 is 1.45 bits per heavy atom. The number of aromatic nitrogens is 4. The Hall–Kier alpha value is -1.70. The van der Waals surface area contributed by atoms with E-state index in [1.807, 2.05) is 31.9 Å². The first-order valence-electron chi connectivity index (χ1n) is 6.42. The molecular weight excluding hydrogens is 278 g/mol. The van der Waals surface area contributed by atoms with Gasteiger partial charge < -0.3 is 4.90 Å². The Kier molecular flexibility index (Phi) is 3.94. The summed E-state index contributed by atoms with van der Waals surface area (Å²) in [6.45, 7) is 3.88. The van der Waals surface area contributed by atoms with Gasteiger partial charge in [-0.15, -0.1) is 0 Å². The molecule has 0 aromatic carbocycles. The lowest BCUT2D eigenvalue weighted by Gasteiger charge is -2.26. The van der Waals surface area contributed by atoms with Gasteiger partial charge in [0.15, 0.2) is 0 Å². The van der Waals surface area contributed by atoms with Gasteiger partial charge in [-0.05, 0) is 13.3 Å². The van der Waals surface area contributed by atoms with Crippen LogP contribution < -0.4 is 4.90 Å². The largest absolute Gasteiger partial charge is 0.356 e. The summed E-state index contributed by atoms with van der Waals surface area (Å²) in [6, 6.07) is 1.75. The van der Waals surface area contributed by atoms with Gasteiger partial charge in [-0.2, -0.15) is 14.6 Å². The normalized spacial score (nSPS) is 13.6. The van der Waals surface area contributed by atoms with Gasteiger partial charge in [-0.1, -0.05) is 6.92 Å². The Morgan fingerprint density at radius 3 is 2.75 bits per heavy atom. The van der Waals surface area contributed by atoms with Crippen molar-refractivity contribution < 1.29 is 8.42 Å². The molecule has 0 fully saturated rings. The predicted molar refractivity (Wildman–Crippen MR) is 77.7 cm³/mol. The van der Waals surface area contributed by atoms with E-state index < -0.39 is 9.84 Å². The summed E-state index contributed by atoms with van der Waals surface area (Å²) < 4.78 is 24.5. The molecule has 0 N–H and O–H groups in total. The zero-order valence-electron chi connectivity index (χ0n) is 12.1. The number of rotatable bonds is 5. The maximum Gasteiger partial charge on any atom is 0.254 e. The highest BCUT2D eigenvalue weighted by Gasteiger charge is 2.19. The number of nitrogens with zero attached hydrogens (tertiary/aromatic N) is 5. The first kappa shape index (κ1) is 14.7. The molecule has 0 saturated heterocycles. The summed E-state index contributed by atoms with van der Waals surface area (Å²) in [6.07, 6.45) is 3.47. The number of hydrogen-bond donors (Lipinski definition) is 0. The molecule has 8 heteroatoms. The zero-order valence-corrected chi connectivity index (χ0v) is 12.9. The molecule has 2 aromatic rings. The average molecular weight is 297 g/mol. The molecule has 0 aliphatic carbocycles. The topological polar surface area (TPSA) is 80.5 Å². The van der Waals surface area contributed by atoms with Crippen molar-refractivity contribution in [1.82, 2.24) is 19.6 Å². The second-order valence-corrected chi connectivity index (χ2v) is 7.17. The smallest absolute Gasteiger partial charge is 0.254 e. The third kappa shape index (κ3) is 3.06. The maximum atomic E-state index is 11.4. The van der Waals surface area contributed by atoms with Crippen molar-refractivity contribution in [3.8, 4) is 0 Å². The first-order valence-corrected chi connectivity index (χ1v) is 8.48. The van der Waals surface area contributed by atoms with E-state index in [0.717, 1.165) is 17.9 Å². The summed E-state index contributed by atoms with van der Waals surface area (Å²) in [5.74, 6) is 1.40. The van der Waals surface area contributed by atoms with E-state index in [0.29, 0.717) is 5.78 Å². The summed E-state index contributed by atoms with van der Waals surface area (Å²) in [7, 11) is -1.18. The highest BCUT2D eigenvalue weighted by atomic mass is 32.2. The summed E-state index contributed by atoms with van der Waals surface area (Å²) in [4.78, 5) is 10.4. The van der Waals surface area contributed by atoms with Crippen LogP contribution in [-0.2, 0) is 16.3 Å². The van der Waals surface area contributed by atoms with Gasteiger partial charge in [0.05, 0.1) is 5.75 Å². The fourth-order valence-corrected chi connectivity index (χ4v) is 3.15. The molecule has 0 aliphatic rings. The van der Waals surface area contributed by atoms with Gasteiger partial charge in [0.25, 0.3) is 5.78 Å². The van der Waals surface area contributed by atoms with Crippen molar-refractivity contribution in [3.63, 3.8) is 0 Å². The fourth-order valence-electron chi connectivity index (χ4n) is 2.05. The van der Waals surface area contributed by atoms with E-state index in [-0.39, 0.29) is 11.8 Å². The quantitative estimate of drug-likeness (QED) is 0.802. The van der Waals surface area contributed by atoms with E-state index >= 15 is 0 Å². The lowest BCUT2D eigenvalue weighted by molar-refractivity contribution is 0.592. The van der Waals surface area contributed by atoms with E-state index in [1.165, 1.54) is 12.6 Å². The number of sulfone groups is 1. The monoisotopic (exact) mass is 297 g/mol. The van der Waals surface area contributed by atoms with E-state index in [4.69, 9.17) is 0 Å². The van der Waals surface area contributed by atoms with Crippen molar-refractivity contribution >= 4 is 21.4 Å². The van der Waals surface area contributed by atoms with Crippen LogP contribution in [0.5, 0.6) is 0 Å². The number of hydrogen-bond acceptors (Lipinski definition) is 6. The fraction of sp³-hybridized carbons (Fsp3) is 0.583. The molecule has 7 nitrogen and oxygen atoms in total. The number of anilines is 1. The van der Waals surface area contributed by atoms with Crippen LogP contribution in [0.2, 0.25) is 0 Å². The molecule has 110 valence electrons. The number of aryl methyl sites for hydroxylation is 1. The molecule has 0 amide bonds. The third-order valence-corrected chi connectivity index (χ3v) is 4.30. The molecule has 2 rings (SSSR count). The van der Waals surface area contributed by atoms with E-state index in [1.54, 1.807) is 4.52 Å². The van der Waals surface area contributed by atoms with Crippen molar-refractivity contribution in [2.75, 3.05) is 24.0 Å². The lowest BCUT2D eigenvalue weighted by Crippen LogP contribution is -2.36. The first-order chi connectivity index (χ1) is 9.31. The SMILES string of the molecule is CCc1cc(N(C)C(C)CS(C)(=O)=O)n2ncnc2n1. The Balaban J connectivity index is 2.42. The van der Waals surface area contributed by atoms with Crippen LogP contribution in [0.15, 0.2) is 12.4 Å². The second-order valence-electron chi connectivity index (χ2n) is 4.98. The van der Waals surface area contributed by atoms with Crippen LogP contribution in [0.3, 0.4) is 0 Å². The molecule has 20 heavy (non-hydrogen) atoms. The molecule has 2 aromatic heterocycles. The van der Waals surface area contributed by atoms with Gasteiger partial charge in [0.2, 0.25) is 0 Å². The highest BCUT2D eigenvalue weighted by Crippen LogP contribution is 2.18. The molecular formula is C12H19N5O2S. The van der Waals surface area contributed by atoms with Crippen LogP contribution in [0.1, 0.15) is 19.5 Å². The minimum absolute atomic E-state index is 0.0868. The Labute approximate surface area is 118 Å². The summed E-state index contributed by atoms with van der Waals surface area (Å²) in [5.41, 5.74) is 0.902. The molecule has 1 atom stereocenters. The number of fused-ring (bicyclic) bond motifs is 1. The molecule has 2 heterocycles. The van der Waals surface area contributed by atoms with Gasteiger partial charge >= 0.3 is 0 Å². The molecule has 0 saturated carbocycles. The second kappa shape index (κ2) is 5.35.